The van der Waals surface area contributed by atoms with E-state index in [1.54, 1.807) is 4.52 Å². The average Bonchev–Trinajstić information content (AvgIpc) is 2.75. The van der Waals surface area contributed by atoms with Gasteiger partial charge in [0.15, 0.2) is 5.82 Å². The standard InChI is InChI=1S/C12H10N4/c13-12-11-10(9-4-2-1-3-5-9)6-7-16(11)15-8-14-12/h1-8H,(H2,13,14,15). The van der Waals surface area contributed by atoms with Crippen molar-refractivity contribution in [2.24, 2.45) is 0 Å². The largest absolute Gasteiger partial charge is 0.382 e. The molecule has 78 valence electrons. The Labute approximate surface area is 92.4 Å². The van der Waals surface area contributed by atoms with Crippen LogP contribution in [0.3, 0.4) is 0 Å². The van der Waals surface area contributed by atoms with Crippen LogP contribution in [-0.4, -0.2) is 14.6 Å². The van der Waals surface area contributed by atoms with Gasteiger partial charge in [-0.05, 0) is 11.6 Å². The maximum Gasteiger partial charge on any atom is 0.151 e. The quantitative estimate of drug-likeness (QED) is 0.668. The van der Waals surface area contributed by atoms with Crippen LogP contribution < -0.4 is 5.73 Å². The van der Waals surface area contributed by atoms with E-state index in [9.17, 15) is 0 Å². The van der Waals surface area contributed by atoms with Gasteiger partial charge in [0.1, 0.15) is 11.8 Å². The molecule has 0 spiro atoms. The monoisotopic (exact) mass is 210 g/mol. The average molecular weight is 210 g/mol. The number of rotatable bonds is 1. The van der Waals surface area contributed by atoms with Gasteiger partial charge in [-0.1, -0.05) is 30.3 Å². The molecule has 0 bridgehead atoms. The Morgan fingerprint density at radius 3 is 2.69 bits per heavy atom. The van der Waals surface area contributed by atoms with Crippen molar-refractivity contribution in [2.45, 2.75) is 0 Å². The third-order valence-corrected chi connectivity index (χ3v) is 2.57. The Kier molecular flexibility index (Phi) is 1.86. The molecular weight excluding hydrogens is 200 g/mol. The van der Waals surface area contributed by atoms with Crippen LogP contribution in [-0.2, 0) is 0 Å². The Morgan fingerprint density at radius 1 is 1.06 bits per heavy atom. The van der Waals surface area contributed by atoms with Crippen LogP contribution in [0.25, 0.3) is 16.6 Å². The molecule has 0 radical (unpaired) electrons. The summed E-state index contributed by atoms with van der Waals surface area (Å²) in [5.74, 6) is 0.499. The van der Waals surface area contributed by atoms with E-state index in [1.807, 2.05) is 42.6 Å². The first-order valence-corrected chi connectivity index (χ1v) is 4.99. The smallest absolute Gasteiger partial charge is 0.151 e. The Morgan fingerprint density at radius 2 is 1.88 bits per heavy atom. The topological polar surface area (TPSA) is 56.2 Å². The van der Waals surface area contributed by atoms with Crippen molar-refractivity contribution < 1.29 is 0 Å². The molecule has 0 amide bonds. The Hall–Kier alpha value is -2.36. The first kappa shape index (κ1) is 8.91. The van der Waals surface area contributed by atoms with Crippen molar-refractivity contribution >= 4 is 11.3 Å². The van der Waals surface area contributed by atoms with Gasteiger partial charge in [-0.2, -0.15) is 5.10 Å². The Balaban J connectivity index is 2.33. The highest BCUT2D eigenvalue weighted by molar-refractivity contribution is 5.87. The van der Waals surface area contributed by atoms with Crippen LogP contribution in [0, 0.1) is 0 Å². The van der Waals surface area contributed by atoms with Crippen LogP contribution in [0.5, 0.6) is 0 Å². The van der Waals surface area contributed by atoms with Crippen LogP contribution in [0.15, 0.2) is 48.9 Å². The predicted octanol–water partition coefficient (Wildman–Crippen LogP) is 1.98. The SMILES string of the molecule is Nc1ncnn2ccc(-c3ccccc3)c12. The zero-order chi connectivity index (χ0) is 11.0. The van der Waals surface area contributed by atoms with Gasteiger partial charge in [0, 0.05) is 11.8 Å². The van der Waals surface area contributed by atoms with Gasteiger partial charge in [-0.15, -0.1) is 0 Å². The minimum atomic E-state index is 0.499. The minimum absolute atomic E-state index is 0.499. The molecule has 4 heteroatoms. The summed E-state index contributed by atoms with van der Waals surface area (Å²) in [6.07, 6.45) is 3.34. The predicted molar refractivity (Wildman–Crippen MR) is 62.8 cm³/mol. The van der Waals surface area contributed by atoms with E-state index in [1.165, 1.54) is 6.33 Å². The summed E-state index contributed by atoms with van der Waals surface area (Å²) in [5, 5.41) is 4.11. The molecule has 3 aromatic rings. The highest BCUT2D eigenvalue weighted by Crippen LogP contribution is 2.27. The molecule has 2 aromatic heterocycles. The first-order valence-electron chi connectivity index (χ1n) is 4.99. The van der Waals surface area contributed by atoms with Gasteiger partial charge in [-0.3, -0.25) is 0 Å². The molecule has 0 atom stereocenters. The zero-order valence-corrected chi connectivity index (χ0v) is 8.54. The van der Waals surface area contributed by atoms with Crippen molar-refractivity contribution in [2.75, 3.05) is 5.73 Å². The summed E-state index contributed by atoms with van der Waals surface area (Å²) in [5.41, 5.74) is 8.89. The van der Waals surface area contributed by atoms with Gasteiger partial charge in [-0.25, -0.2) is 9.50 Å². The number of nitrogens with zero attached hydrogens (tertiary/aromatic N) is 3. The molecule has 2 heterocycles. The lowest BCUT2D eigenvalue weighted by Crippen LogP contribution is -1.98. The normalized spacial score (nSPS) is 10.8. The number of fused-ring (bicyclic) bond motifs is 1. The maximum atomic E-state index is 5.87. The second-order valence-corrected chi connectivity index (χ2v) is 3.53. The number of hydrogen-bond donors (Lipinski definition) is 1. The molecule has 3 rings (SSSR count). The molecule has 0 saturated carbocycles. The molecule has 0 unspecified atom stereocenters. The second kappa shape index (κ2) is 3.34. The molecular formula is C12H10N4. The summed E-state index contributed by atoms with van der Waals surface area (Å²) >= 11 is 0. The van der Waals surface area contributed by atoms with E-state index < -0.39 is 0 Å². The van der Waals surface area contributed by atoms with Gasteiger partial charge in [0.2, 0.25) is 0 Å². The van der Waals surface area contributed by atoms with Gasteiger partial charge < -0.3 is 5.73 Å². The number of nitrogens with two attached hydrogens (primary N) is 1. The lowest BCUT2D eigenvalue weighted by molar-refractivity contribution is 0.908. The molecule has 0 fully saturated rings. The van der Waals surface area contributed by atoms with Crippen LogP contribution >= 0.6 is 0 Å². The second-order valence-electron chi connectivity index (χ2n) is 3.53. The third-order valence-electron chi connectivity index (χ3n) is 2.57. The van der Waals surface area contributed by atoms with Crippen molar-refractivity contribution in [1.82, 2.24) is 14.6 Å². The zero-order valence-electron chi connectivity index (χ0n) is 8.54. The third kappa shape index (κ3) is 1.24. The van der Waals surface area contributed by atoms with Gasteiger partial charge in [0.25, 0.3) is 0 Å². The molecule has 2 N–H and O–H groups in total. The number of aromatic nitrogens is 3. The summed E-state index contributed by atoms with van der Waals surface area (Å²) in [6, 6.07) is 12.1. The maximum absolute atomic E-state index is 5.87. The van der Waals surface area contributed by atoms with Crippen molar-refractivity contribution in [3.8, 4) is 11.1 Å². The number of hydrogen-bond acceptors (Lipinski definition) is 3. The molecule has 1 aromatic carbocycles. The molecule has 16 heavy (non-hydrogen) atoms. The van der Waals surface area contributed by atoms with E-state index in [4.69, 9.17) is 5.73 Å². The molecule has 0 aliphatic heterocycles. The lowest BCUT2D eigenvalue weighted by atomic mass is 10.1. The van der Waals surface area contributed by atoms with E-state index in [0.717, 1.165) is 16.6 Å². The number of anilines is 1. The molecule has 0 aliphatic rings. The summed E-state index contributed by atoms with van der Waals surface area (Å²) in [7, 11) is 0. The van der Waals surface area contributed by atoms with Gasteiger partial charge in [0.05, 0.1) is 0 Å². The van der Waals surface area contributed by atoms with E-state index in [0.29, 0.717) is 5.82 Å². The molecule has 0 saturated heterocycles. The van der Waals surface area contributed by atoms with E-state index in [-0.39, 0.29) is 0 Å². The molecule has 4 nitrogen and oxygen atoms in total. The van der Waals surface area contributed by atoms with Crippen molar-refractivity contribution in [3.63, 3.8) is 0 Å². The first-order chi connectivity index (χ1) is 7.86. The van der Waals surface area contributed by atoms with Crippen LogP contribution in [0.2, 0.25) is 0 Å². The van der Waals surface area contributed by atoms with Crippen LogP contribution in [0.1, 0.15) is 0 Å². The van der Waals surface area contributed by atoms with Crippen molar-refractivity contribution in [1.29, 1.82) is 0 Å². The highest BCUT2D eigenvalue weighted by atomic mass is 15.2. The van der Waals surface area contributed by atoms with E-state index in [2.05, 4.69) is 10.1 Å². The number of nitrogen functional groups attached to an aromatic ring is 1. The minimum Gasteiger partial charge on any atom is -0.382 e. The lowest BCUT2D eigenvalue weighted by Gasteiger charge is -2.01. The fourth-order valence-electron chi connectivity index (χ4n) is 1.83. The fraction of sp³-hybridized carbons (Fsp3) is 0. The summed E-state index contributed by atoms with van der Waals surface area (Å²) in [6.45, 7) is 0. The summed E-state index contributed by atoms with van der Waals surface area (Å²) in [4.78, 5) is 4.01. The number of benzene rings is 1. The summed E-state index contributed by atoms with van der Waals surface area (Å²) < 4.78 is 1.74. The van der Waals surface area contributed by atoms with E-state index >= 15 is 0 Å². The molecule has 0 aliphatic carbocycles. The highest BCUT2D eigenvalue weighted by Gasteiger charge is 2.08. The van der Waals surface area contributed by atoms with Gasteiger partial charge >= 0.3 is 0 Å². The Bertz CT molecular complexity index is 628. The van der Waals surface area contributed by atoms with Crippen LogP contribution in [0.4, 0.5) is 5.82 Å². The van der Waals surface area contributed by atoms with Crippen molar-refractivity contribution in [3.05, 3.63) is 48.9 Å². The fourth-order valence-corrected chi connectivity index (χ4v) is 1.83.